The molecule has 0 bridgehead atoms. The zero-order valence-electron chi connectivity index (χ0n) is 10.6. The summed E-state index contributed by atoms with van der Waals surface area (Å²) in [4.78, 5) is 0. The van der Waals surface area contributed by atoms with Crippen LogP contribution in [0.25, 0.3) is 6.08 Å². The van der Waals surface area contributed by atoms with Crippen LogP contribution in [-0.2, 0) is 0 Å². The molecule has 0 nitrogen and oxygen atoms in total. The third kappa shape index (κ3) is 1.74. The minimum Gasteiger partial charge on any atom is -0.0720 e. The molecule has 0 N–H and O–H groups in total. The lowest BCUT2D eigenvalue weighted by Gasteiger charge is -2.18. The molecule has 1 aliphatic rings. The van der Waals surface area contributed by atoms with Crippen LogP contribution in [-0.4, -0.2) is 0 Å². The van der Waals surface area contributed by atoms with E-state index in [0.717, 1.165) is 0 Å². The SMILES string of the molecule is Cc1ccc(C)c(C2C=Cc3ccccc32)c1Br. The van der Waals surface area contributed by atoms with Crippen LogP contribution in [0.3, 0.4) is 0 Å². The van der Waals surface area contributed by atoms with Gasteiger partial charge in [0, 0.05) is 10.4 Å². The van der Waals surface area contributed by atoms with Gasteiger partial charge in [-0.25, -0.2) is 0 Å². The van der Waals surface area contributed by atoms with Crippen molar-refractivity contribution in [3.63, 3.8) is 0 Å². The van der Waals surface area contributed by atoms with Gasteiger partial charge in [0.05, 0.1) is 0 Å². The van der Waals surface area contributed by atoms with Gasteiger partial charge in [0.2, 0.25) is 0 Å². The summed E-state index contributed by atoms with van der Waals surface area (Å²) < 4.78 is 1.24. The molecule has 0 fully saturated rings. The van der Waals surface area contributed by atoms with Crippen molar-refractivity contribution in [3.05, 3.63) is 74.8 Å². The van der Waals surface area contributed by atoms with E-state index >= 15 is 0 Å². The zero-order valence-corrected chi connectivity index (χ0v) is 12.2. The van der Waals surface area contributed by atoms with Gasteiger partial charge in [0.25, 0.3) is 0 Å². The second-order valence-electron chi connectivity index (χ2n) is 4.89. The van der Waals surface area contributed by atoms with Gasteiger partial charge < -0.3 is 0 Å². The first-order valence-electron chi connectivity index (χ1n) is 6.21. The lowest BCUT2D eigenvalue weighted by atomic mass is 9.89. The molecule has 3 rings (SSSR count). The van der Waals surface area contributed by atoms with Gasteiger partial charge >= 0.3 is 0 Å². The van der Waals surface area contributed by atoms with Crippen LogP contribution >= 0.6 is 15.9 Å². The fraction of sp³-hybridized carbons (Fsp3) is 0.176. The minimum atomic E-state index is 0.385. The molecule has 0 spiro atoms. The molecule has 1 unspecified atom stereocenters. The van der Waals surface area contributed by atoms with E-state index in [4.69, 9.17) is 0 Å². The summed E-state index contributed by atoms with van der Waals surface area (Å²) in [5, 5.41) is 0. The van der Waals surface area contributed by atoms with Gasteiger partial charge in [0.1, 0.15) is 0 Å². The van der Waals surface area contributed by atoms with Crippen molar-refractivity contribution < 1.29 is 0 Å². The number of halogens is 1. The molecule has 0 saturated carbocycles. The first kappa shape index (κ1) is 11.7. The monoisotopic (exact) mass is 298 g/mol. The summed E-state index contributed by atoms with van der Waals surface area (Å²) in [5.74, 6) is 0.385. The van der Waals surface area contributed by atoms with E-state index in [1.165, 1.54) is 32.3 Å². The van der Waals surface area contributed by atoms with Gasteiger partial charge in [-0.1, -0.05) is 64.5 Å². The lowest BCUT2D eigenvalue weighted by Crippen LogP contribution is -2.01. The van der Waals surface area contributed by atoms with E-state index in [1.54, 1.807) is 0 Å². The van der Waals surface area contributed by atoms with Crippen molar-refractivity contribution in [2.45, 2.75) is 19.8 Å². The maximum atomic E-state index is 3.76. The average Bonchev–Trinajstić information content (AvgIpc) is 2.79. The van der Waals surface area contributed by atoms with Crippen LogP contribution in [0, 0.1) is 13.8 Å². The highest BCUT2D eigenvalue weighted by atomic mass is 79.9. The fourth-order valence-electron chi connectivity index (χ4n) is 2.68. The van der Waals surface area contributed by atoms with Gasteiger partial charge in [0.15, 0.2) is 0 Å². The molecular weight excluding hydrogens is 284 g/mol. The highest BCUT2D eigenvalue weighted by Gasteiger charge is 2.22. The number of hydrogen-bond donors (Lipinski definition) is 0. The summed E-state index contributed by atoms with van der Waals surface area (Å²) in [5.41, 5.74) is 6.80. The first-order chi connectivity index (χ1) is 8.68. The van der Waals surface area contributed by atoms with E-state index in [0.29, 0.717) is 5.92 Å². The number of hydrogen-bond acceptors (Lipinski definition) is 0. The Morgan fingerprint density at radius 2 is 1.67 bits per heavy atom. The van der Waals surface area contributed by atoms with Crippen molar-refractivity contribution in [2.75, 3.05) is 0 Å². The fourth-order valence-corrected chi connectivity index (χ4v) is 3.37. The molecule has 18 heavy (non-hydrogen) atoms. The maximum Gasteiger partial charge on any atom is 0.0292 e. The van der Waals surface area contributed by atoms with Crippen LogP contribution in [0.4, 0.5) is 0 Å². The maximum absolute atomic E-state index is 3.76. The van der Waals surface area contributed by atoms with Gasteiger partial charge in [-0.15, -0.1) is 0 Å². The van der Waals surface area contributed by atoms with Crippen molar-refractivity contribution in [3.8, 4) is 0 Å². The normalized spacial score (nSPS) is 16.9. The van der Waals surface area contributed by atoms with Crippen LogP contribution in [0.2, 0.25) is 0 Å². The number of rotatable bonds is 1. The highest BCUT2D eigenvalue weighted by Crippen LogP contribution is 2.40. The Morgan fingerprint density at radius 1 is 0.944 bits per heavy atom. The third-order valence-corrected chi connectivity index (χ3v) is 4.75. The van der Waals surface area contributed by atoms with Gasteiger partial charge in [-0.05, 0) is 41.7 Å². The minimum absolute atomic E-state index is 0.385. The van der Waals surface area contributed by atoms with E-state index in [9.17, 15) is 0 Å². The molecule has 1 heteroatoms. The molecule has 0 aliphatic heterocycles. The Morgan fingerprint density at radius 3 is 2.50 bits per heavy atom. The largest absolute Gasteiger partial charge is 0.0720 e. The predicted octanol–water partition coefficient (Wildman–Crippen LogP) is 5.22. The van der Waals surface area contributed by atoms with Crippen LogP contribution in [0.1, 0.15) is 33.7 Å². The number of allylic oxidation sites excluding steroid dienone is 1. The summed E-state index contributed by atoms with van der Waals surface area (Å²) >= 11 is 3.76. The van der Waals surface area contributed by atoms with Crippen molar-refractivity contribution >= 4 is 22.0 Å². The molecule has 2 aromatic rings. The zero-order chi connectivity index (χ0) is 12.7. The highest BCUT2D eigenvalue weighted by molar-refractivity contribution is 9.10. The molecule has 0 saturated heterocycles. The first-order valence-corrected chi connectivity index (χ1v) is 7.00. The molecule has 0 radical (unpaired) electrons. The predicted molar refractivity (Wildman–Crippen MR) is 80.9 cm³/mol. The Kier molecular flexibility index (Phi) is 2.87. The van der Waals surface area contributed by atoms with Crippen molar-refractivity contribution in [1.29, 1.82) is 0 Å². The van der Waals surface area contributed by atoms with Crippen LogP contribution in [0.5, 0.6) is 0 Å². The van der Waals surface area contributed by atoms with E-state index < -0.39 is 0 Å². The number of aryl methyl sites for hydroxylation is 2. The third-order valence-electron chi connectivity index (χ3n) is 3.70. The Hall–Kier alpha value is -1.34. The average molecular weight is 299 g/mol. The molecule has 0 aromatic heterocycles. The van der Waals surface area contributed by atoms with Crippen LogP contribution < -0.4 is 0 Å². The summed E-state index contributed by atoms with van der Waals surface area (Å²) in [6, 6.07) is 13.0. The van der Waals surface area contributed by atoms with E-state index in [-0.39, 0.29) is 0 Å². The van der Waals surface area contributed by atoms with Crippen molar-refractivity contribution in [1.82, 2.24) is 0 Å². The second kappa shape index (κ2) is 4.40. The lowest BCUT2D eigenvalue weighted by molar-refractivity contribution is 1.01. The Balaban J connectivity index is 2.19. The molecule has 2 aromatic carbocycles. The quantitative estimate of drug-likeness (QED) is 0.677. The topological polar surface area (TPSA) is 0 Å². The molecule has 0 amide bonds. The summed E-state index contributed by atoms with van der Waals surface area (Å²) in [6.07, 6.45) is 4.53. The number of fused-ring (bicyclic) bond motifs is 1. The molecule has 1 atom stereocenters. The van der Waals surface area contributed by atoms with E-state index in [1.807, 2.05) is 0 Å². The molecular formula is C17H15Br. The number of benzene rings is 2. The van der Waals surface area contributed by atoms with Crippen molar-refractivity contribution in [2.24, 2.45) is 0 Å². The van der Waals surface area contributed by atoms with Gasteiger partial charge in [-0.2, -0.15) is 0 Å². The smallest absolute Gasteiger partial charge is 0.0292 e. The Labute approximate surface area is 116 Å². The molecule has 1 aliphatic carbocycles. The van der Waals surface area contributed by atoms with Crippen LogP contribution in [0.15, 0.2) is 46.9 Å². The van der Waals surface area contributed by atoms with Gasteiger partial charge in [-0.3, -0.25) is 0 Å². The Bertz CT molecular complexity index is 638. The standard InChI is InChI=1S/C17H15Br/c1-11-7-8-12(2)17(18)16(11)15-10-9-13-5-3-4-6-14(13)15/h3-10,15H,1-2H3. The second-order valence-corrected chi connectivity index (χ2v) is 5.69. The summed E-state index contributed by atoms with van der Waals surface area (Å²) in [7, 11) is 0. The molecule has 0 heterocycles. The molecule has 90 valence electrons. The van der Waals surface area contributed by atoms with E-state index in [2.05, 4.69) is 78.3 Å². The summed E-state index contributed by atoms with van der Waals surface area (Å²) in [6.45, 7) is 4.34.